The highest BCUT2D eigenvalue weighted by Gasteiger charge is 2.36. The maximum Gasteiger partial charge on any atom is 0.316 e. The third-order valence-corrected chi connectivity index (χ3v) is 3.05. The molecule has 0 saturated heterocycles. The average Bonchev–Trinajstić information content (AvgIpc) is 2.64. The Labute approximate surface area is 116 Å². The summed E-state index contributed by atoms with van der Waals surface area (Å²) in [6, 6.07) is 4.52. The van der Waals surface area contributed by atoms with Gasteiger partial charge in [-0.05, 0) is 12.1 Å². The number of imide groups is 1. The molecule has 0 radical (unpaired) electrons. The molecule has 1 aliphatic heterocycles. The number of nitrogen functional groups attached to an aromatic ring is 1. The summed E-state index contributed by atoms with van der Waals surface area (Å²) in [5, 5.41) is 2.60. The van der Waals surface area contributed by atoms with Gasteiger partial charge >= 0.3 is 6.03 Å². The van der Waals surface area contributed by atoms with E-state index in [1.807, 2.05) is 0 Å². The number of nitrogens with zero attached hydrogens (tertiary/aromatic N) is 2. The Morgan fingerprint density at radius 1 is 1.30 bits per heavy atom. The predicted octanol–water partition coefficient (Wildman–Crippen LogP) is 0.136. The van der Waals surface area contributed by atoms with Crippen LogP contribution in [0.3, 0.4) is 0 Å². The quantitative estimate of drug-likeness (QED) is 0.606. The lowest BCUT2D eigenvalue weighted by atomic mass is 10.1. The van der Waals surface area contributed by atoms with Crippen LogP contribution < -0.4 is 11.1 Å². The monoisotopic (exact) mass is 276 g/mol. The lowest BCUT2D eigenvalue weighted by Gasteiger charge is -2.16. The van der Waals surface area contributed by atoms with Crippen LogP contribution in [-0.4, -0.2) is 54.8 Å². The van der Waals surface area contributed by atoms with Crippen LogP contribution in [0.2, 0.25) is 0 Å². The number of rotatable bonds is 3. The van der Waals surface area contributed by atoms with Crippen molar-refractivity contribution in [2.45, 2.75) is 0 Å². The van der Waals surface area contributed by atoms with E-state index in [1.165, 1.54) is 4.90 Å². The summed E-state index contributed by atoms with van der Waals surface area (Å²) >= 11 is 0. The number of urea groups is 1. The van der Waals surface area contributed by atoms with Crippen LogP contribution in [0.4, 0.5) is 10.5 Å². The van der Waals surface area contributed by atoms with Gasteiger partial charge in [-0.25, -0.2) is 4.79 Å². The maximum absolute atomic E-state index is 12.1. The minimum atomic E-state index is -0.415. The number of anilines is 1. The van der Waals surface area contributed by atoms with Crippen molar-refractivity contribution in [3.05, 3.63) is 29.3 Å². The van der Waals surface area contributed by atoms with Crippen LogP contribution in [0.15, 0.2) is 18.2 Å². The van der Waals surface area contributed by atoms with Gasteiger partial charge in [0.05, 0.1) is 11.1 Å². The van der Waals surface area contributed by atoms with E-state index in [0.29, 0.717) is 11.3 Å². The maximum atomic E-state index is 12.1. The van der Waals surface area contributed by atoms with Gasteiger partial charge in [-0.1, -0.05) is 6.07 Å². The molecule has 1 aliphatic rings. The van der Waals surface area contributed by atoms with Crippen molar-refractivity contribution < 1.29 is 14.4 Å². The van der Waals surface area contributed by atoms with Crippen molar-refractivity contribution in [1.29, 1.82) is 0 Å². The Kier molecular flexibility index (Phi) is 3.60. The van der Waals surface area contributed by atoms with Crippen LogP contribution in [0.5, 0.6) is 0 Å². The molecule has 1 aromatic carbocycles. The van der Waals surface area contributed by atoms with Crippen molar-refractivity contribution in [3.63, 3.8) is 0 Å². The smallest absolute Gasteiger partial charge is 0.316 e. The molecule has 0 saturated carbocycles. The molecule has 20 heavy (non-hydrogen) atoms. The van der Waals surface area contributed by atoms with Crippen LogP contribution in [0.1, 0.15) is 20.7 Å². The third-order valence-electron chi connectivity index (χ3n) is 3.05. The highest BCUT2D eigenvalue weighted by molar-refractivity contribution is 6.23. The Hall–Kier alpha value is -2.57. The van der Waals surface area contributed by atoms with E-state index in [-0.39, 0.29) is 30.6 Å². The second kappa shape index (κ2) is 5.20. The molecule has 4 amide bonds. The second-order valence-electron chi connectivity index (χ2n) is 4.66. The van der Waals surface area contributed by atoms with E-state index < -0.39 is 5.91 Å². The molecule has 7 heteroatoms. The average molecular weight is 276 g/mol. The van der Waals surface area contributed by atoms with Gasteiger partial charge in [0.25, 0.3) is 11.8 Å². The van der Waals surface area contributed by atoms with Gasteiger partial charge in [-0.3, -0.25) is 14.5 Å². The molecule has 1 heterocycles. The fraction of sp³-hybridized carbons (Fsp3) is 0.308. The molecule has 0 bridgehead atoms. The zero-order chi connectivity index (χ0) is 14.9. The second-order valence-corrected chi connectivity index (χ2v) is 4.66. The minimum absolute atomic E-state index is 0.116. The summed E-state index contributed by atoms with van der Waals surface area (Å²) in [4.78, 5) is 38.1. The molecule has 106 valence electrons. The van der Waals surface area contributed by atoms with Crippen molar-refractivity contribution >= 4 is 23.5 Å². The van der Waals surface area contributed by atoms with E-state index in [9.17, 15) is 14.4 Å². The van der Waals surface area contributed by atoms with Gasteiger partial charge < -0.3 is 16.0 Å². The summed E-state index contributed by atoms with van der Waals surface area (Å²) in [5.74, 6) is -0.793. The van der Waals surface area contributed by atoms with Gasteiger partial charge in [0.1, 0.15) is 0 Å². The van der Waals surface area contributed by atoms with Gasteiger partial charge in [0.2, 0.25) is 0 Å². The van der Waals surface area contributed by atoms with Gasteiger partial charge in [0, 0.05) is 32.9 Å². The molecule has 1 aromatic rings. The van der Waals surface area contributed by atoms with Crippen LogP contribution in [0.25, 0.3) is 0 Å². The fourth-order valence-corrected chi connectivity index (χ4v) is 2.00. The number of hydrogen-bond donors (Lipinski definition) is 2. The number of fused-ring (bicyclic) bond motifs is 1. The first-order valence-electron chi connectivity index (χ1n) is 6.13. The topological polar surface area (TPSA) is 95.7 Å². The molecule has 3 N–H and O–H groups in total. The number of nitrogens with two attached hydrogens (primary N) is 1. The molecule has 2 rings (SSSR count). The number of carbonyl (C=O) groups excluding carboxylic acids is 3. The lowest BCUT2D eigenvalue weighted by molar-refractivity contribution is 0.0656. The summed E-state index contributed by atoms with van der Waals surface area (Å²) in [6.45, 7) is 0.313. The molecular formula is C13H16N4O3. The van der Waals surface area contributed by atoms with Gasteiger partial charge in [-0.15, -0.1) is 0 Å². The Morgan fingerprint density at radius 3 is 2.60 bits per heavy atom. The normalized spacial score (nSPS) is 13.4. The molecule has 7 nitrogen and oxygen atoms in total. The van der Waals surface area contributed by atoms with E-state index >= 15 is 0 Å². The summed E-state index contributed by atoms with van der Waals surface area (Å²) in [7, 11) is 3.22. The van der Waals surface area contributed by atoms with Crippen LogP contribution >= 0.6 is 0 Å². The number of benzene rings is 1. The van der Waals surface area contributed by atoms with Crippen molar-refractivity contribution in [1.82, 2.24) is 15.1 Å². The molecule has 0 atom stereocenters. The Morgan fingerprint density at radius 2 is 2.00 bits per heavy atom. The van der Waals surface area contributed by atoms with Crippen molar-refractivity contribution in [3.8, 4) is 0 Å². The largest absolute Gasteiger partial charge is 0.398 e. The molecule has 0 aromatic heterocycles. The molecule has 0 unspecified atom stereocenters. The molecular weight excluding hydrogens is 260 g/mol. The number of hydrogen-bond acceptors (Lipinski definition) is 4. The van der Waals surface area contributed by atoms with Crippen LogP contribution in [-0.2, 0) is 0 Å². The van der Waals surface area contributed by atoms with E-state index in [2.05, 4.69) is 5.32 Å². The Balaban J connectivity index is 2.06. The van der Waals surface area contributed by atoms with E-state index in [4.69, 9.17) is 5.73 Å². The van der Waals surface area contributed by atoms with E-state index in [1.54, 1.807) is 32.3 Å². The lowest BCUT2D eigenvalue weighted by Crippen LogP contribution is -2.41. The molecule has 0 fully saturated rings. The fourth-order valence-electron chi connectivity index (χ4n) is 2.00. The standard InChI is InChI=1S/C13H16N4O3/c1-16(2)13(20)15-6-7-17-11(18)8-4-3-5-9(14)10(8)12(17)19/h3-5H,6-7,14H2,1-2H3,(H,15,20). The number of carbonyl (C=O) groups is 3. The van der Waals surface area contributed by atoms with Crippen LogP contribution in [0, 0.1) is 0 Å². The van der Waals surface area contributed by atoms with Crippen molar-refractivity contribution in [2.24, 2.45) is 0 Å². The Bertz CT molecular complexity index is 583. The highest BCUT2D eigenvalue weighted by atomic mass is 16.2. The number of amides is 4. The number of nitrogens with one attached hydrogen (secondary N) is 1. The predicted molar refractivity (Wildman–Crippen MR) is 73.3 cm³/mol. The summed E-state index contributed by atoms with van der Waals surface area (Å²) < 4.78 is 0. The summed E-state index contributed by atoms with van der Waals surface area (Å²) in [6.07, 6.45) is 0. The van der Waals surface area contributed by atoms with Crippen molar-refractivity contribution in [2.75, 3.05) is 32.9 Å². The first-order valence-corrected chi connectivity index (χ1v) is 6.13. The minimum Gasteiger partial charge on any atom is -0.398 e. The zero-order valence-corrected chi connectivity index (χ0v) is 11.3. The SMILES string of the molecule is CN(C)C(=O)NCCN1C(=O)c2cccc(N)c2C1=O. The summed E-state index contributed by atoms with van der Waals surface area (Å²) in [5.41, 5.74) is 6.58. The molecule has 0 aliphatic carbocycles. The van der Waals surface area contributed by atoms with Gasteiger partial charge in [0.15, 0.2) is 0 Å². The zero-order valence-electron chi connectivity index (χ0n) is 11.3. The van der Waals surface area contributed by atoms with E-state index in [0.717, 1.165) is 4.90 Å². The molecule has 0 spiro atoms. The highest BCUT2D eigenvalue weighted by Crippen LogP contribution is 2.26. The first-order chi connectivity index (χ1) is 9.43. The first kappa shape index (κ1) is 13.9. The third kappa shape index (κ3) is 2.29. The van der Waals surface area contributed by atoms with Gasteiger partial charge in [-0.2, -0.15) is 0 Å².